The average molecular weight is 379 g/mol. The van der Waals surface area contributed by atoms with E-state index in [-0.39, 0.29) is 17.4 Å². The van der Waals surface area contributed by atoms with E-state index in [1.165, 1.54) is 11.1 Å². The topological polar surface area (TPSA) is 70.7 Å². The van der Waals surface area contributed by atoms with E-state index < -0.39 is 0 Å². The fourth-order valence-electron chi connectivity index (χ4n) is 4.34. The SMILES string of the molecule is Cc1nn(CCC#N)c(C)c1CCC(=O)NC1CCC(C)(C)c2ccccc21. The van der Waals surface area contributed by atoms with Crippen LogP contribution in [-0.4, -0.2) is 15.7 Å². The number of aromatic nitrogens is 2. The fourth-order valence-corrected chi connectivity index (χ4v) is 4.34. The van der Waals surface area contributed by atoms with Gasteiger partial charge in [0.25, 0.3) is 0 Å². The minimum absolute atomic E-state index is 0.0862. The summed E-state index contributed by atoms with van der Waals surface area (Å²) in [7, 11) is 0. The number of nitrogens with one attached hydrogen (secondary N) is 1. The van der Waals surface area contributed by atoms with Gasteiger partial charge in [0.2, 0.25) is 5.91 Å². The summed E-state index contributed by atoms with van der Waals surface area (Å²) in [5, 5.41) is 16.6. The minimum Gasteiger partial charge on any atom is -0.349 e. The molecule has 2 aromatic rings. The van der Waals surface area contributed by atoms with Crippen molar-refractivity contribution in [3.63, 3.8) is 0 Å². The van der Waals surface area contributed by atoms with E-state index in [1.807, 2.05) is 18.5 Å². The van der Waals surface area contributed by atoms with Crippen molar-refractivity contribution < 1.29 is 4.79 Å². The van der Waals surface area contributed by atoms with Crippen molar-refractivity contribution in [3.05, 3.63) is 52.3 Å². The summed E-state index contributed by atoms with van der Waals surface area (Å²) in [6.45, 7) is 9.15. The number of fused-ring (bicyclic) bond motifs is 1. The predicted octanol–water partition coefficient (Wildman–Crippen LogP) is 4.28. The highest BCUT2D eigenvalue weighted by Crippen LogP contribution is 2.41. The van der Waals surface area contributed by atoms with Gasteiger partial charge >= 0.3 is 0 Å². The first-order chi connectivity index (χ1) is 13.3. The lowest BCUT2D eigenvalue weighted by Gasteiger charge is -2.37. The second kappa shape index (κ2) is 8.18. The van der Waals surface area contributed by atoms with Gasteiger partial charge in [0, 0.05) is 12.1 Å². The molecule has 1 N–H and O–H groups in total. The number of nitriles is 1. The Bertz CT molecular complexity index is 904. The van der Waals surface area contributed by atoms with Crippen LogP contribution in [0.25, 0.3) is 0 Å². The summed E-state index contributed by atoms with van der Waals surface area (Å²) in [6, 6.07) is 10.7. The summed E-state index contributed by atoms with van der Waals surface area (Å²) in [4.78, 5) is 12.7. The third-order valence-electron chi connectivity index (χ3n) is 6.03. The highest BCUT2D eigenvalue weighted by Gasteiger charge is 2.32. The lowest BCUT2D eigenvalue weighted by atomic mass is 9.71. The second-order valence-corrected chi connectivity index (χ2v) is 8.41. The molecular weight excluding hydrogens is 348 g/mol. The molecule has 1 unspecified atom stereocenters. The van der Waals surface area contributed by atoms with Crippen LogP contribution in [0.4, 0.5) is 0 Å². The van der Waals surface area contributed by atoms with Gasteiger partial charge in [0.05, 0.1) is 30.8 Å². The van der Waals surface area contributed by atoms with Crippen molar-refractivity contribution in [2.45, 2.75) is 77.8 Å². The number of nitrogens with zero attached hydrogens (tertiary/aromatic N) is 3. The van der Waals surface area contributed by atoms with E-state index in [1.54, 1.807) is 0 Å². The zero-order valence-corrected chi connectivity index (χ0v) is 17.4. The molecule has 148 valence electrons. The maximum atomic E-state index is 12.7. The third-order valence-corrected chi connectivity index (χ3v) is 6.03. The summed E-state index contributed by atoms with van der Waals surface area (Å²) in [5.41, 5.74) is 5.89. The van der Waals surface area contributed by atoms with Gasteiger partial charge in [-0.25, -0.2) is 0 Å². The van der Waals surface area contributed by atoms with Crippen molar-refractivity contribution in [1.29, 1.82) is 5.26 Å². The Labute approximate surface area is 167 Å². The molecule has 0 fully saturated rings. The highest BCUT2D eigenvalue weighted by molar-refractivity contribution is 5.77. The highest BCUT2D eigenvalue weighted by atomic mass is 16.1. The molecule has 0 radical (unpaired) electrons. The summed E-state index contributed by atoms with van der Waals surface area (Å²) >= 11 is 0. The van der Waals surface area contributed by atoms with Crippen LogP contribution in [0.5, 0.6) is 0 Å². The monoisotopic (exact) mass is 378 g/mol. The predicted molar refractivity (Wildman–Crippen MR) is 110 cm³/mol. The van der Waals surface area contributed by atoms with Crippen LogP contribution >= 0.6 is 0 Å². The van der Waals surface area contributed by atoms with E-state index in [4.69, 9.17) is 5.26 Å². The van der Waals surface area contributed by atoms with Crippen LogP contribution in [0.3, 0.4) is 0 Å². The first-order valence-corrected chi connectivity index (χ1v) is 10.1. The van der Waals surface area contributed by atoms with E-state index in [0.717, 1.165) is 29.8 Å². The van der Waals surface area contributed by atoms with E-state index in [9.17, 15) is 4.79 Å². The Kier molecular flexibility index (Phi) is 5.88. The van der Waals surface area contributed by atoms with Crippen LogP contribution in [0.2, 0.25) is 0 Å². The largest absolute Gasteiger partial charge is 0.349 e. The van der Waals surface area contributed by atoms with E-state index in [2.05, 4.69) is 54.6 Å². The number of aryl methyl sites for hydroxylation is 2. The quantitative estimate of drug-likeness (QED) is 0.816. The van der Waals surface area contributed by atoms with Gasteiger partial charge in [-0.1, -0.05) is 38.1 Å². The molecule has 1 aliphatic carbocycles. The van der Waals surface area contributed by atoms with Gasteiger partial charge < -0.3 is 5.32 Å². The molecule has 1 heterocycles. The Morgan fingerprint density at radius 2 is 2.11 bits per heavy atom. The van der Waals surface area contributed by atoms with Crippen LogP contribution in [0.1, 0.15) is 73.7 Å². The molecule has 0 aliphatic heterocycles. The molecule has 0 bridgehead atoms. The van der Waals surface area contributed by atoms with Crippen molar-refractivity contribution in [2.75, 3.05) is 0 Å². The first kappa shape index (κ1) is 20.1. The molecular formula is C23H30N4O. The Morgan fingerprint density at radius 3 is 2.86 bits per heavy atom. The van der Waals surface area contributed by atoms with Crippen molar-refractivity contribution in [2.24, 2.45) is 0 Å². The standard InChI is InChI=1S/C23H30N4O/c1-16-18(17(2)27(26-16)15-7-14-24)10-11-22(28)25-21-12-13-23(3,4)20-9-6-5-8-19(20)21/h5-6,8-9,21H,7,10-13,15H2,1-4H3,(H,25,28). The van der Waals surface area contributed by atoms with Gasteiger partial charge in [-0.05, 0) is 55.2 Å². The van der Waals surface area contributed by atoms with Gasteiger partial charge in [-0.3, -0.25) is 9.48 Å². The zero-order chi connectivity index (χ0) is 20.3. The van der Waals surface area contributed by atoms with Crippen LogP contribution in [0.15, 0.2) is 24.3 Å². The fraction of sp³-hybridized carbons (Fsp3) is 0.522. The van der Waals surface area contributed by atoms with E-state index >= 15 is 0 Å². The van der Waals surface area contributed by atoms with Gasteiger partial charge in [0.15, 0.2) is 0 Å². The Hall–Kier alpha value is -2.61. The van der Waals surface area contributed by atoms with Crippen LogP contribution in [-0.2, 0) is 23.2 Å². The molecule has 0 spiro atoms. The normalized spacial score (nSPS) is 17.6. The number of hydrogen-bond donors (Lipinski definition) is 1. The third kappa shape index (κ3) is 4.11. The number of benzene rings is 1. The lowest BCUT2D eigenvalue weighted by molar-refractivity contribution is -0.122. The summed E-state index contributed by atoms with van der Waals surface area (Å²) in [5.74, 6) is 0.0862. The van der Waals surface area contributed by atoms with Crippen LogP contribution < -0.4 is 5.32 Å². The molecule has 1 aromatic heterocycles. The number of rotatable bonds is 6. The second-order valence-electron chi connectivity index (χ2n) is 8.41. The molecule has 5 nitrogen and oxygen atoms in total. The molecule has 1 atom stereocenters. The van der Waals surface area contributed by atoms with Crippen molar-refractivity contribution in [1.82, 2.24) is 15.1 Å². The van der Waals surface area contributed by atoms with Gasteiger partial charge in [-0.2, -0.15) is 10.4 Å². The molecule has 1 aliphatic rings. The Balaban J connectivity index is 1.65. The molecule has 1 amide bonds. The Morgan fingerprint density at radius 1 is 1.36 bits per heavy atom. The van der Waals surface area contributed by atoms with Gasteiger partial charge in [0.1, 0.15) is 0 Å². The molecule has 0 saturated carbocycles. The lowest BCUT2D eigenvalue weighted by Crippen LogP contribution is -2.35. The van der Waals surface area contributed by atoms with Crippen molar-refractivity contribution in [3.8, 4) is 6.07 Å². The van der Waals surface area contributed by atoms with Gasteiger partial charge in [-0.15, -0.1) is 0 Å². The molecule has 1 aromatic carbocycles. The van der Waals surface area contributed by atoms with Crippen LogP contribution in [0, 0.1) is 25.2 Å². The summed E-state index contributed by atoms with van der Waals surface area (Å²) < 4.78 is 1.88. The summed E-state index contributed by atoms with van der Waals surface area (Å²) in [6.07, 6.45) is 3.61. The maximum absolute atomic E-state index is 12.7. The number of amides is 1. The molecule has 5 heteroatoms. The maximum Gasteiger partial charge on any atom is 0.220 e. The average Bonchev–Trinajstić information content (AvgIpc) is 2.94. The molecule has 3 rings (SSSR count). The van der Waals surface area contributed by atoms with E-state index in [0.29, 0.717) is 25.8 Å². The van der Waals surface area contributed by atoms with Crippen molar-refractivity contribution >= 4 is 5.91 Å². The number of carbonyl (C=O) groups is 1. The minimum atomic E-state index is 0.0862. The first-order valence-electron chi connectivity index (χ1n) is 10.1. The molecule has 28 heavy (non-hydrogen) atoms. The number of hydrogen-bond acceptors (Lipinski definition) is 3. The smallest absolute Gasteiger partial charge is 0.220 e. The number of carbonyl (C=O) groups excluding carboxylic acids is 1. The molecule has 0 saturated heterocycles. The zero-order valence-electron chi connectivity index (χ0n) is 17.4.